The molecule has 2 atom stereocenters. The minimum absolute atomic E-state index is 0.117. The lowest BCUT2D eigenvalue weighted by Crippen LogP contribution is -2.28. The molecule has 3 heteroatoms. The molecule has 19 heavy (non-hydrogen) atoms. The fourth-order valence-corrected chi connectivity index (χ4v) is 2.83. The van der Waals surface area contributed by atoms with Crippen LogP contribution in [0.3, 0.4) is 0 Å². The van der Waals surface area contributed by atoms with Crippen LogP contribution in [0.1, 0.15) is 37.2 Å². The second kappa shape index (κ2) is 5.83. The van der Waals surface area contributed by atoms with Gasteiger partial charge in [-0.15, -0.1) is 0 Å². The van der Waals surface area contributed by atoms with Crippen LogP contribution in [0, 0.1) is 5.92 Å². The highest BCUT2D eigenvalue weighted by Crippen LogP contribution is 2.38. The van der Waals surface area contributed by atoms with Gasteiger partial charge in [0.2, 0.25) is 0 Å². The van der Waals surface area contributed by atoms with Gasteiger partial charge in [-0.05, 0) is 18.4 Å². The Hall–Kier alpha value is -1.90. The number of Topliss-reactive ketones (excluding diaryl/α,β-unsaturated/α-hetero) is 1. The summed E-state index contributed by atoms with van der Waals surface area (Å²) in [5, 5.41) is 9.22. The number of hydrogen-bond donors (Lipinski definition) is 1. The van der Waals surface area contributed by atoms with Gasteiger partial charge in [-0.1, -0.05) is 43.3 Å². The molecule has 1 aliphatic carbocycles. The standard InChI is InChI=1S/C16H18O3/c1-11(16(18)19)15(12-7-3-2-4-8-12)13-9-5-6-10-14(13)17/h2-4,7-8,13,15H,1,5-6,9-10H2,(H,18,19). The molecule has 0 aliphatic heterocycles. The molecule has 1 aromatic carbocycles. The molecule has 2 rings (SSSR count). The highest BCUT2D eigenvalue weighted by Gasteiger charge is 2.34. The van der Waals surface area contributed by atoms with Gasteiger partial charge in [0.25, 0.3) is 0 Å². The van der Waals surface area contributed by atoms with E-state index in [0.717, 1.165) is 24.8 Å². The number of carbonyl (C=O) groups excluding carboxylic acids is 1. The summed E-state index contributed by atoms with van der Waals surface area (Å²) >= 11 is 0. The quantitative estimate of drug-likeness (QED) is 0.844. The minimum atomic E-state index is -1.02. The molecule has 1 aromatic rings. The monoisotopic (exact) mass is 258 g/mol. The van der Waals surface area contributed by atoms with E-state index in [2.05, 4.69) is 6.58 Å². The number of rotatable bonds is 4. The van der Waals surface area contributed by atoms with Gasteiger partial charge < -0.3 is 5.11 Å². The van der Waals surface area contributed by atoms with Gasteiger partial charge >= 0.3 is 5.97 Å². The number of ketones is 1. The zero-order valence-corrected chi connectivity index (χ0v) is 10.8. The van der Waals surface area contributed by atoms with Crippen LogP contribution in [0.2, 0.25) is 0 Å². The topological polar surface area (TPSA) is 54.4 Å². The van der Waals surface area contributed by atoms with Gasteiger partial charge in [0.1, 0.15) is 5.78 Å². The van der Waals surface area contributed by atoms with Crippen LogP contribution in [-0.2, 0) is 9.59 Å². The van der Waals surface area contributed by atoms with Gasteiger partial charge in [0.15, 0.2) is 0 Å². The molecule has 100 valence electrons. The Bertz CT molecular complexity index is 490. The van der Waals surface area contributed by atoms with Crippen molar-refractivity contribution in [2.75, 3.05) is 0 Å². The third kappa shape index (κ3) is 2.92. The van der Waals surface area contributed by atoms with Crippen molar-refractivity contribution in [1.82, 2.24) is 0 Å². The summed E-state index contributed by atoms with van der Waals surface area (Å²) in [6, 6.07) is 9.36. The molecule has 1 fully saturated rings. The zero-order chi connectivity index (χ0) is 13.8. The van der Waals surface area contributed by atoms with Crippen LogP contribution in [0.15, 0.2) is 42.5 Å². The molecule has 0 amide bonds. The van der Waals surface area contributed by atoms with Gasteiger partial charge in [-0.2, -0.15) is 0 Å². The first kappa shape index (κ1) is 13.5. The van der Waals surface area contributed by atoms with Crippen molar-refractivity contribution in [2.24, 2.45) is 5.92 Å². The molecular weight excluding hydrogens is 240 g/mol. The maximum Gasteiger partial charge on any atom is 0.331 e. The van der Waals surface area contributed by atoms with Gasteiger partial charge in [-0.25, -0.2) is 4.79 Å². The van der Waals surface area contributed by atoms with Gasteiger partial charge in [0.05, 0.1) is 0 Å². The van der Waals surface area contributed by atoms with Crippen molar-refractivity contribution < 1.29 is 14.7 Å². The molecule has 1 saturated carbocycles. The summed E-state index contributed by atoms with van der Waals surface area (Å²) in [5.41, 5.74) is 0.988. The molecule has 0 bridgehead atoms. The third-order valence-corrected chi connectivity index (χ3v) is 3.81. The van der Waals surface area contributed by atoms with Gasteiger partial charge in [0, 0.05) is 23.8 Å². The molecule has 0 heterocycles. The van der Waals surface area contributed by atoms with Crippen LogP contribution in [0.25, 0.3) is 0 Å². The van der Waals surface area contributed by atoms with Crippen molar-refractivity contribution in [2.45, 2.75) is 31.6 Å². The average molecular weight is 258 g/mol. The largest absolute Gasteiger partial charge is 0.478 e. The molecule has 1 aliphatic rings. The van der Waals surface area contributed by atoms with Crippen molar-refractivity contribution >= 4 is 11.8 Å². The van der Waals surface area contributed by atoms with Crippen LogP contribution in [0.5, 0.6) is 0 Å². The lowest BCUT2D eigenvalue weighted by molar-refractivity contribution is -0.133. The second-order valence-electron chi connectivity index (χ2n) is 5.04. The third-order valence-electron chi connectivity index (χ3n) is 3.81. The maximum absolute atomic E-state index is 12.1. The Morgan fingerprint density at radius 2 is 1.95 bits per heavy atom. The molecule has 0 saturated heterocycles. The summed E-state index contributed by atoms with van der Waals surface area (Å²) in [7, 11) is 0. The lowest BCUT2D eigenvalue weighted by atomic mass is 9.73. The summed E-state index contributed by atoms with van der Waals surface area (Å²) in [6.45, 7) is 3.69. The zero-order valence-electron chi connectivity index (χ0n) is 10.8. The fourth-order valence-electron chi connectivity index (χ4n) is 2.83. The number of hydrogen-bond acceptors (Lipinski definition) is 2. The summed E-state index contributed by atoms with van der Waals surface area (Å²) in [5.74, 6) is -1.49. The van der Waals surface area contributed by atoms with E-state index in [4.69, 9.17) is 0 Å². The van der Waals surface area contributed by atoms with E-state index in [9.17, 15) is 14.7 Å². The number of benzene rings is 1. The van der Waals surface area contributed by atoms with E-state index < -0.39 is 11.9 Å². The summed E-state index contributed by atoms with van der Waals surface area (Å²) < 4.78 is 0. The predicted molar refractivity (Wildman–Crippen MR) is 72.9 cm³/mol. The fraction of sp³-hybridized carbons (Fsp3) is 0.375. The van der Waals surface area contributed by atoms with Crippen LogP contribution in [-0.4, -0.2) is 16.9 Å². The number of carboxylic acids is 1. The number of aliphatic carboxylic acids is 1. The number of carboxylic acid groups (broad SMARTS) is 1. The Morgan fingerprint density at radius 3 is 2.53 bits per heavy atom. The molecule has 0 radical (unpaired) electrons. The number of carbonyl (C=O) groups is 2. The van der Waals surface area contributed by atoms with E-state index in [1.165, 1.54) is 0 Å². The van der Waals surface area contributed by atoms with E-state index in [1.807, 2.05) is 30.3 Å². The van der Waals surface area contributed by atoms with E-state index in [-0.39, 0.29) is 17.3 Å². The first-order valence-corrected chi connectivity index (χ1v) is 6.61. The Labute approximate surface area is 113 Å². The van der Waals surface area contributed by atoms with Gasteiger partial charge in [-0.3, -0.25) is 4.79 Å². The van der Waals surface area contributed by atoms with E-state index in [0.29, 0.717) is 6.42 Å². The molecule has 0 spiro atoms. The summed E-state index contributed by atoms with van der Waals surface area (Å²) in [6.07, 6.45) is 3.20. The lowest BCUT2D eigenvalue weighted by Gasteiger charge is -2.29. The van der Waals surface area contributed by atoms with Crippen molar-refractivity contribution in [1.29, 1.82) is 0 Å². The maximum atomic E-state index is 12.1. The Morgan fingerprint density at radius 1 is 1.26 bits per heavy atom. The first-order chi connectivity index (χ1) is 9.11. The normalized spacial score (nSPS) is 20.8. The van der Waals surface area contributed by atoms with Crippen molar-refractivity contribution in [3.05, 3.63) is 48.0 Å². The minimum Gasteiger partial charge on any atom is -0.478 e. The smallest absolute Gasteiger partial charge is 0.331 e. The molecular formula is C16H18O3. The van der Waals surface area contributed by atoms with Crippen LogP contribution in [0.4, 0.5) is 0 Å². The first-order valence-electron chi connectivity index (χ1n) is 6.61. The van der Waals surface area contributed by atoms with Crippen molar-refractivity contribution in [3.8, 4) is 0 Å². The van der Waals surface area contributed by atoms with Crippen LogP contribution < -0.4 is 0 Å². The molecule has 1 N–H and O–H groups in total. The molecule has 2 unspecified atom stereocenters. The average Bonchev–Trinajstić information content (AvgIpc) is 2.42. The highest BCUT2D eigenvalue weighted by atomic mass is 16.4. The van der Waals surface area contributed by atoms with Crippen LogP contribution >= 0.6 is 0 Å². The van der Waals surface area contributed by atoms with Crippen molar-refractivity contribution in [3.63, 3.8) is 0 Å². The highest BCUT2D eigenvalue weighted by molar-refractivity contribution is 5.91. The predicted octanol–water partition coefficient (Wildman–Crippen LogP) is 3.17. The second-order valence-corrected chi connectivity index (χ2v) is 5.04. The molecule has 0 aromatic heterocycles. The molecule has 3 nitrogen and oxygen atoms in total. The Balaban J connectivity index is 2.37. The SMILES string of the molecule is C=C(C(=O)O)C(c1ccccc1)C1CCCCC1=O. The Kier molecular flexibility index (Phi) is 4.15. The summed E-state index contributed by atoms with van der Waals surface area (Å²) in [4.78, 5) is 23.4. The van der Waals surface area contributed by atoms with E-state index >= 15 is 0 Å². The van der Waals surface area contributed by atoms with E-state index in [1.54, 1.807) is 0 Å².